The molecule has 5 heteroatoms. The van der Waals surface area contributed by atoms with Gasteiger partial charge in [-0.15, -0.1) is 0 Å². The molecule has 0 amide bonds. The number of ketones is 1. The number of carbonyl (C=O) groups is 1. The van der Waals surface area contributed by atoms with Gasteiger partial charge in [0.25, 0.3) is 0 Å². The van der Waals surface area contributed by atoms with E-state index in [1.54, 1.807) is 12.1 Å². The zero-order chi connectivity index (χ0) is 14.0. The molecule has 0 bridgehead atoms. The van der Waals surface area contributed by atoms with E-state index in [2.05, 4.69) is 4.74 Å². The maximum atomic E-state index is 12.2. The van der Waals surface area contributed by atoms with Crippen LogP contribution in [0.3, 0.4) is 0 Å². The van der Waals surface area contributed by atoms with Crippen LogP contribution in [0.25, 0.3) is 0 Å². The van der Waals surface area contributed by atoms with E-state index in [-0.39, 0.29) is 0 Å². The van der Waals surface area contributed by atoms with Gasteiger partial charge < -0.3 is 4.74 Å². The summed E-state index contributed by atoms with van der Waals surface area (Å²) in [5.74, 6) is -0.411. The quantitative estimate of drug-likeness (QED) is 0.786. The molecule has 0 fully saturated rings. The van der Waals surface area contributed by atoms with E-state index in [0.717, 1.165) is 31.7 Å². The normalized spacial score (nSPS) is 16.2. The van der Waals surface area contributed by atoms with E-state index in [1.165, 1.54) is 5.56 Å². The first-order valence-electron chi connectivity index (χ1n) is 6.21. The lowest BCUT2D eigenvalue weighted by molar-refractivity contribution is -0.210. The Morgan fingerprint density at radius 3 is 2.68 bits per heavy atom. The first-order valence-corrected chi connectivity index (χ1v) is 6.21. The predicted octanol–water partition coefficient (Wildman–Crippen LogP) is 3.33. The Bertz CT molecular complexity index is 480. The van der Waals surface area contributed by atoms with Crippen LogP contribution in [0.2, 0.25) is 0 Å². The molecule has 0 N–H and O–H groups in total. The zero-order valence-electron chi connectivity index (χ0n) is 10.6. The summed E-state index contributed by atoms with van der Waals surface area (Å²) in [6.45, 7) is 0.357. The number of benzene rings is 1. The molecule has 19 heavy (non-hydrogen) atoms. The Balaban J connectivity index is 1.97. The van der Waals surface area contributed by atoms with Crippen LogP contribution in [0.15, 0.2) is 18.2 Å². The highest BCUT2D eigenvalue weighted by Crippen LogP contribution is 2.24. The summed E-state index contributed by atoms with van der Waals surface area (Å²) in [4.78, 5) is 11.8. The summed E-state index contributed by atoms with van der Waals surface area (Å²) in [7, 11) is 0. The second-order valence-corrected chi connectivity index (χ2v) is 4.76. The maximum absolute atomic E-state index is 12.2. The topological polar surface area (TPSA) is 26.3 Å². The minimum atomic E-state index is -4.43. The van der Waals surface area contributed by atoms with Gasteiger partial charge in [0.05, 0.1) is 0 Å². The average molecular weight is 272 g/mol. The Labute approximate surface area is 109 Å². The number of halogens is 3. The van der Waals surface area contributed by atoms with E-state index in [0.29, 0.717) is 5.56 Å². The Morgan fingerprint density at radius 2 is 2.00 bits per heavy atom. The maximum Gasteiger partial charge on any atom is 0.414 e. The highest BCUT2D eigenvalue weighted by atomic mass is 19.4. The Kier molecular flexibility index (Phi) is 3.94. The van der Waals surface area contributed by atoms with Crippen LogP contribution in [-0.2, 0) is 17.6 Å². The van der Waals surface area contributed by atoms with Crippen molar-refractivity contribution >= 4 is 5.78 Å². The van der Waals surface area contributed by atoms with Crippen molar-refractivity contribution in [1.82, 2.24) is 0 Å². The van der Waals surface area contributed by atoms with E-state index < -0.39 is 24.7 Å². The van der Waals surface area contributed by atoms with Crippen molar-refractivity contribution in [2.45, 2.75) is 38.5 Å². The van der Waals surface area contributed by atoms with E-state index in [9.17, 15) is 18.0 Å². The summed E-state index contributed by atoms with van der Waals surface area (Å²) >= 11 is 0. The van der Waals surface area contributed by atoms with E-state index >= 15 is 0 Å². The van der Waals surface area contributed by atoms with Gasteiger partial charge in [-0.1, -0.05) is 12.1 Å². The number of ether oxygens (including phenoxy) is 1. The van der Waals surface area contributed by atoms with Gasteiger partial charge in [-0.25, -0.2) is 0 Å². The van der Waals surface area contributed by atoms with Crippen LogP contribution in [0.4, 0.5) is 13.2 Å². The fourth-order valence-corrected chi connectivity index (χ4v) is 2.12. The molecule has 0 aliphatic heterocycles. The molecule has 0 aromatic heterocycles. The van der Waals surface area contributed by atoms with Crippen LogP contribution in [0, 0.1) is 0 Å². The second kappa shape index (κ2) is 5.33. The zero-order valence-corrected chi connectivity index (χ0v) is 10.6. The van der Waals surface area contributed by atoms with Crippen molar-refractivity contribution in [2.75, 3.05) is 6.61 Å². The van der Waals surface area contributed by atoms with Crippen LogP contribution >= 0.6 is 0 Å². The highest BCUT2D eigenvalue weighted by molar-refractivity contribution is 5.97. The van der Waals surface area contributed by atoms with Crippen LogP contribution < -0.4 is 0 Å². The summed E-state index contributed by atoms with van der Waals surface area (Å²) in [5, 5.41) is 0. The largest absolute Gasteiger partial charge is 0.414 e. The summed E-state index contributed by atoms with van der Waals surface area (Å²) in [6, 6.07) is 5.31. The van der Waals surface area contributed by atoms with Gasteiger partial charge in [-0.3, -0.25) is 4.79 Å². The minimum absolute atomic E-state index is 0.411. The molecule has 104 valence electrons. The molecule has 0 spiro atoms. The second-order valence-electron chi connectivity index (χ2n) is 4.76. The van der Waals surface area contributed by atoms with Crippen LogP contribution in [0.1, 0.15) is 34.8 Å². The fourth-order valence-electron chi connectivity index (χ4n) is 2.12. The first kappa shape index (κ1) is 14.1. The van der Waals surface area contributed by atoms with Crippen LogP contribution in [-0.4, -0.2) is 24.7 Å². The monoisotopic (exact) mass is 272 g/mol. The third kappa shape index (κ3) is 3.35. The molecule has 0 saturated heterocycles. The lowest BCUT2D eigenvalue weighted by Crippen LogP contribution is -2.30. The molecule has 0 radical (unpaired) electrons. The van der Waals surface area contributed by atoms with E-state index in [4.69, 9.17) is 0 Å². The van der Waals surface area contributed by atoms with Crippen molar-refractivity contribution in [3.8, 4) is 0 Å². The van der Waals surface area contributed by atoms with Gasteiger partial charge in [0, 0.05) is 5.56 Å². The van der Waals surface area contributed by atoms with Crippen molar-refractivity contribution in [2.24, 2.45) is 0 Å². The molecule has 0 heterocycles. The van der Waals surface area contributed by atoms with Gasteiger partial charge in [-0.2, -0.15) is 13.2 Å². The molecular weight excluding hydrogens is 257 g/mol. The van der Waals surface area contributed by atoms with Crippen molar-refractivity contribution in [1.29, 1.82) is 0 Å². The Morgan fingerprint density at radius 1 is 1.32 bits per heavy atom. The summed E-state index contributed by atoms with van der Waals surface area (Å²) < 4.78 is 41.3. The molecule has 1 aromatic carbocycles. The van der Waals surface area contributed by atoms with Gasteiger partial charge >= 0.3 is 6.18 Å². The lowest BCUT2D eigenvalue weighted by Gasteiger charge is -2.15. The first-order chi connectivity index (χ1) is 8.88. The smallest absolute Gasteiger partial charge is 0.361 e. The average Bonchev–Trinajstić information content (AvgIpc) is 2.81. The highest BCUT2D eigenvalue weighted by Gasteiger charge is 2.37. The third-order valence-electron chi connectivity index (χ3n) is 3.35. The fraction of sp³-hybridized carbons (Fsp3) is 0.500. The number of alkyl halides is 3. The number of fused-ring (bicyclic) bond motifs is 1. The van der Waals surface area contributed by atoms with Crippen LogP contribution in [0.5, 0.6) is 0 Å². The molecular formula is C14H15F3O2. The number of aryl methyl sites for hydroxylation is 2. The number of carbonyl (C=O) groups excluding carboxylic acids is 1. The summed E-state index contributed by atoms with van der Waals surface area (Å²) in [6.07, 6.45) is -3.36. The number of hydrogen-bond acceptors (Lipinski definition) is 2. The molecule has 0 saturated carbocycles. The van der Waals surface area contributed by atoms with Crippen molar-refractivity contribution in [3.05, 3.63) is 34.9 Å². The summed E-state index contributed by atoms with van der Waals surface area (Å²) in [5.41, 5.74) is 2.77. The van der Waals surface area contributed by atoms with Gasteiger partial charge in [-0.05, 0) is 43.4 Å². The Hall–Kier alpha value is -1.36. The number of rotatable bonds is 4. The standard InChI is InChI=1S/C14H15F3O2/c1-9(14(15,16)17)19-8-13(18)12-6-5-10-3-2-4-11(10)7-12/h5-7,9H,2-4,8H2,1H3. The number of Topliss-reactive ketones (excluding diaryl/α,β-unsaturated/α-hetero) is 1. The van der Waals surface area contributed by atoms with Gasteiger partial charge in [0.15, 0.2) is 11.9 Å². The molecule has 2 rings (SSSR count). The minimum Gasteiger partial charge on any atom is -0.361 e. The lowest BCUT2D eigenvalue weighted by atomic mass is 10.0. The predicted molar refractivity (Wildman–Crippen MR) is 64.3 cm³/mol. The molecule has 1 aliphatic rings. The molecule has 1 aromatic rings. The SMILES string of the molecule is CC(OCC(=O)c1ccc2c(c1)CCC2)C(F)(F)F. The third-order valence-corrected chi connectivity index (χ3v) is 3.35. The van der Waals surface area contributed by atoms with Gasteiger partial charge in [0.1, 0.15) is 6.61 Å². The van der Waals surface area contributed by atoms with E-state index in [1.807, 2.05) is 6.07 Å². The molecule has 1 aliphatic carbocycles. The molecule has 1 unspecified atom stereocenters. The van der Waals surface area contributed by atoms with Crippen molar-refractivity contribution < 1.29 is 22.7 Å². The van der Waals surface area contributed by atoms with Gasteiger partial charge in [0.2, 0.25) is 0 Å². The molecule has 2 nitrogen and oxygen atoms in total. The number of hydrogen-bond donors (Lipinski definition) is 0. The van der Waals surface area contributed by atoms with Crippen molar-refractivity contribution in [3.63, 3.8) is 0 Å². The molecule has 1 atom stereocenters.